The molecule has 0 aromatic carbocycles. The number of carbonyl (C=O) groups is 2. The van der Waals surface area contributed by atoms with Gasteiger partial charge in [0, 0.05) is 25.6 Å². The summed E-state index contributed by atoms with van der Waals surface area (Å²) in [5.74, 6) is -0.954. The molecule has 2 amide bonds. The van der Waals surface area contributed by atoms with E-state index in [1.165, 1.54) is 4.90 Å². The third-order valence-electron chi connectivity index (χ3n) is 3.46. The number of nitrogens with zero attached hydrogens (tertiary/aromatic N) is 1. The Morgan fingerprint density at radius 2 is 1.95 bits per heavy atom. The fraction of sp³-hybridized carbons (Fsp3) is 0.846. The molecule has 1 heterocycles. The summed E-state index contributed by atoms with van der Waals surface area (Å²) >= 11 is 0. The van der Waals surface area contributed by atoms with Gasteiger partial charge in [-0.3, -0.25) is 4.79 Å². The quantitative estimate of drug-likeness (QED) is 0.741. The second-order valence-corrected chi connectivity index (χ2v) is 5.25. The molecule has 8 heteroatoms. The van der Waals surface area contributed by atoms with Crippen molar-refractivity contribution in [2.75, 3.05) is 13.1 Å². The second-order valence-electron chi connectivity index (χ2n) is 5.25. The number of amides is 2. The van der Waals surface area contributed by atoms with Crippen molar-refractivity contribution in [2.24, 2.45) is 0 Å². The van der Waals surface area contributed by atoms with E-state index in [2.05, 4.69) is 5.32 Å². The average molecular weight is 310 g/mol. The Kier molecular flexibility index (Phi) is 6.77. The van der Waals surface area contributed by atoms with Crippen molar-refractivity contribution in [3.63, 3.8) is 0 Å². The Bertz CT molecular complexity index is 361. The van der Waals surface area contributed by atoms with Gasteiger partial charge in [-0.25, -0.2) is 4.79 Å². The Morgan fingerprint density at radius 1 is 1.24 bits per heavy atom. The molecule has 2 N–H and O–H groups in total. The minimum atomic E-state index is -4.16. The fourth-order valence-electron chi connectivity index (χ4n) is 2.43. The number of hydrogen-bond donors (Lipinski definition) is 2. The first kappa shape index (κ1) is 17.6. The van der Waals surface area contributed by atoms with Crippen LogP contribution >= 0.6 is 0 Å². The molecule has 21 heavy (non-hydrogen) atoms. The number of alkyl halides is 3. The van der Waals surface area contributed by atoms with Crippen LogP contribution < -0.4 is 5.32 Å². The second kappa shape index (κ2) is 8.09. The smallest absolute Gasteiger partial charge is 0.389 e. The summed E-state index contributed by atoms with van der Waals surface area (Å²) in [4.78, 5) is 24.2. The summed E-state index contributed by atoms with van der Waals surface area (Å²) in [5.41, 5.74) is 0. The highest BCUT2D eigenvalue weighted by Crippen LogP contribution is 2.22. The fourth-order valence-corrected chi connectivity index (χ4v) is 2.43. The zero-order chi connectivity index (χ0) is 15.9. The van der Waals surface area contributed by atoms with Crippen LogP contribution in [0.4, 0.5) is 18.0 Å². The van der Waals surface area contributed by atoms with Gasteiger partial charge in [-0.05, 0) is 32.1 Å². The van der Waals surface area contributed by atoms with Crippen molar-refractivity contribution in [3.05, 3.63) is 0 Å². The molecule has 1 aliphatic heterocycles. The molecule has 0 spiro atoms. The van der Waals surface area contributed by atoms with Crippen LogP contribution in [0, 0.1) is 0 Å². The van der Waals surface area contributed by atoms with Crippen LogP contribution in [-0.4, -0.2) is 47.3 Å². The minimum absolute atomic E-state index is 0.0255. The van der Waals surface area contributed by atoms with Gasteiger partial charge >= 0.3 is 18.2 Å². The Balaban J connectivity index is 2.30. The third kappa shape index (κ3) is 7.19. The van der Waals surface area contributed by atoms with E-state index in [4.69, 9.17) is 5.11 Å². The zero-order valence-corrected chi connectivity index (χ0v) is 11.8. The first-order chi connectivity index (χ1) is 9.79. The lowest BCUT2D eigenvalue weighted by atomic mass is 10.00. The maximum Gasteiger partial charge on any atom is 0.389 e. The lowest BCUT2D eigenvalue weighted by Gasteiger charge is -2.34. The van der Waals surface area contributed by atoms with Crippen LogP contribution in [0.1, 0.15) is 44.9 Å². The number of carboxylic acid groups (broad SMARTS) is 1. The predicted octanol–water partition coefficient (Wildman–Crippen LogP) is 2.76. The summed E-state index contributed by atoms with van der Waals surface area (Å²) in [6, 6.07) is -0.709. The highest BCUT2D eigenvalue weighted by atomic mass is 19.4. The molecule has 0 aliphatic carbocycles. The van der Waals surface area contributed by atoms with Gasteiger partial charge < -0.3 is 15.3 Å². The van der Waals surface area contributed by atoms with Crippen LogP contribution in [0.3, 0.4) is 0 Å². The number of unbranched alkanes of at least 4 members (excludes halogenated alkanes) is 1. The number of halogens is 3. The molecular formula is C13H21F3N2O3. The van der Waals surface area contributed by atoms with Crippen LogP contribution in [0.2, 0.25) is 0 Å². The molecule has 1 rings (SSSR count). The topological polar surface area (TPSA) is 69.6 Å². The minimum Gasteiger partial charge on any atom is -0.481 e. The average Bonchev–Trinajstić information content (AvgIpc) is 2.36. The van der Waals surface area contributed by atoms with E-state index in [1.807, 2.05) is 0 Å². The number of rotatable bonds is 6. The summed E-state index contributed by atoms with van der Waals surface area (Å²) in [6.45, 7) is 0.664. The van der Waals surface area contributed by atoms with E-state index in [1.54, 1.807) is 0 Å². The van der Waals surface area contributed by atoms with Gasteiger partial charge in [-0.15, -0.1) is 0 Å². The van der Waals surface area contributed by atoms with Gasteiger partial charge in [-0.1, -0.05) is 0 Å². The van der Waals surface area contributed by atoms with E-state index in [0.29, 0.717) is 13.0 Å². The molecule has 0 aromatic rings. The largest absolute Gasteiger partial charge is 0.481 e. The van der Waals surface area contributed by atoms with E-state index < -0.39 is 18.6 Å². The molecule has 0 aromatic heterocycles. The van der Waals surface area contributed by atoms with Crippen LogP contribution in [-0.2, 0) is 4.79 Å². The Hall–Kier alpha value is -1.47. The number of hydrogen-bond acceptors (Lipinski definition) is 2. The van der Waals surface area contributed by atoms with Crippen molar-refractivity contribution in [3.8, 4) is 0 Å². The standard InChI is InChI=1S/C13H21F3N2O3/c14-13(15,16)6-2-3-7-17-12(21)18-8-4-1-5-10(18)9-11(19)20/h10H,1-9H2,(H,17,21)(H,19,20). The zero-order valence-electron chi connectivity index (χ0n) is 11.8. The maximum absolute atomic E-state index is 12.0. The van der Waals surface area contributed by atoms with Gasteiger partial charge in [-0.2, -0.15) is 13.2 Å². The van der Waals surface area contributed by atoms with E-state index in [-0.39, 0.29) is 37.9 Å². The van der Waals surface area contributed by atoms with Gasteiger partial charge in [0.1, 0.15) is 0 Å². The molecule has 0 radical (unpaired) electrons. The molecule has 122 valence electrons. The van der Waals surface area contributed by atoms with Crippen LogP contribution in [0.5, 0.6) is 0 Å². The lowest BCUT2D eigenvalue weighted by molar-refractivity contribution is -0.138. The first-order valence-electron chi connectivity index (χ1n) is 7.12. The van der Waals surface area contributed by atoms with Gasteiger partial charge in [0.05, 0.1) is 6.42 Å². The number of aliphatic carboxylic acids is 1. The van der Waals surface area contributed by atoms with Crippen molar-refractivity contribution in [1.29, 1.82) is 0 Å². The molecule has 1 aliphatic rings. The Morgan fingerprint density at radius 3 is 2.57 bits per heavy atom. The SMILES string of the molecule is O=C(O)CC1CCCCN1C(=O)NCCCCC(F)(F)F. The molecule has 0 bridgehead atoms. The summed E-state index contributed by atoms with van der Waals surface area (Å²) < 4.78 is 35.9. The molecule has 1 unspecified atom stereocenters. The van der Waals surface area contributed by atoms with Crippen molar-refractivity contribution >= 4 is 12.0 Å². The number of likely N-dealkylation sites (tertiary alicyclic amines) is 1. The predicted molar refractivity (Wildman–Crippen MR) is 69.9 cm³/mol. The Labute approximate surface area is 121 Å². The number of piperidine rings is 1. The number of carboxylic acids is 1. The molecule has 1 atom stereocenters. The molecule has 0 saturated carbocycles. The molecule has 1 fully saturated rings. The number of urea groups is 1. The highest BCUT2D eigenvalue weighted by molar-refractivity contribution is 5.76. The summed E-state index contributed by atoms with van der Waals surface area (Å²) in [6.07, 6.45) is -2.54. The van der Waals surface area contributed by atoms with Gasteiger partial charge in [0.25, 0.3) is 0 Å². The van der Waals surface area contributed by atoms with Crippen LogP contribution in [0.15, 0.2) is 0 Å². The third-order valence-corrected chi connectivity index (χ3v) is 3.46. The molecular weight excluding hydrogens is 289 g/mol. The first-order valence-corrected chi connectivity index (χ1v) is 7.12. The van der Waals surface area contributed by atoms with E-state index >= 15 is 0 Å². The lowest BCUT2D eigenvalue weighted by Crippen LogP contribution is -2.49. The molecule has 1 saturated heterocycles. The van der Waals surface area contributed by atoms with Crippen molar-refractivity contribution in [1.82, 2.24) is 10.2 Å². The monoisotopic (exact) mass is 310 g/mol. The normalized spacial score (nSPS) is 19.4. The highest BCUT2D eigenvalue weighted by Gasteiger charge is 2.28. The molecule has 5 nitrogen and oxygen atoms in total. The maximum atomic E-state index is 12.0. The summed E-state index contributed by atoms with van der Waals surface area (Å²) in [5, 5.41) is 11.4. The van der Waals surface area contributed by atoms with E-state index in [9.17, 15) is 22.8 Å². The van der Waals surface area contributed by atoms with Crippen molar-refractivity contribution < 1.29 is 27.9 Å². The van der Waals surface area contributed by atoms with Crippen LogP contribution in [0.25, 0.3) is 0 Å². The van der Waals surface area contributed by atoms with Gasteiger partial charge in [0.2, 0.25) is 0 Å². The number of carbonyl (C=O) groups excluding carboxylic acids is 1. The van der Waals surface area contributed by atoms with Crippen molar-refractivity contribution in [2.45, 2.75) is 57.2 Å². The van der Waals surface area contributed by atoms with E-state index in [0.717, 1.165) is 12.8 Å². The summed E-state index contributed by atoms with van der Waals surface area (Å²) in [7, 11) is 0. The number of nitrogens with one attached hydrogen (secondary N) is 1. The van der Waals surface area contributed by atoms with Gasteiger partial charge in [0.15, 0.2) is 0 Å².